The summed E-state index contributed by atoms with van der Waals surface area (Å²) in [6, 6.07) is 15.2. The summed E-state index contributed by atoms with van der Waals surface area (Å²) >= 11 is 0. The van der Waals surface area contributed by atoms with Crippen molar-refractivity contribution < 1.29 is 4.57 Å². The Bertz CT molecular complexity index is 1030. The first kappa shape index (κ1) is 10.3. The fraction of sp³-hybridized carbons (Fsp3) is 0.111. The number of hydrogen-bond acceptors (Lipinski definition) is 1. The molecule has 0 spiro atoms. The van der Waals surface area contributed by atoms with E-state index in [2.05, 4.69) is 60.2 Å². The predicted octanol–water partition coefficient (Wildman–Crippen LogP) is 3.50. The fourth-order valence-electron chi connectivity index (χ4n) is 3.60. The molecule has 1 aliphatic rings. The van der Waals surface area contributed by atoms with E-state index in [1.165, 1.54) is 32.6 Å². The van der Waals surface area contributed by atoms with Crippen LogP contribution >= 0.6 is 0 Å². The average molecular weight is 257 g/mol. The van der Waals surface area contributed by atoms with Crippen molar-refractivity contribution in [1.82, 2.24) is 4.98 Å². The lowest BCUT2D eigenvalue weighted by Gasteiger charge is -2.05. The van der Waals surface area contributed by atoms with Crippen LogP contribution in [0.3, 0.4) is 0 Å². The maximum absolute atomic E-state index is 4.83. The van der Waals surface area contributed by atoms with Gasteiger partial charge in [0.2, 0.25) is 5.52 Å². The first-order valence-electron chi connectivity index (χ1n) is 6.96. The molecular weight excluding hydrogens is 244 g/mol. The number of fused-ring (bicyclic) bond motifs is 3. The van der Waals surface area contributed by atoms with E-state index in [-0.39, 0.29) is 0 Å². The smallest absolute Gasteiger partial charge is 0.240 e. The summed E-state index contributed by atoms with van der Waals surface area (Å²) in [7, 11) is 0. The summed E-state index contributed by atoms with van der Waals surface area (Å²) in [5.74, 6) is 0. The van der Waals surface area contributed by atoms with E-state index in [1.807, 2.05) is 0 Å². The van der Waals surface area contributed by atoms with Gasteiger partial charge in [-0.2, -0.15) is 4.57 Å². The van der Waals surface area contributed by atoms with E-state index in [9.17, 15) is 0 Å². The van der Waals surface area contributed by atoms with E-state index in [0.29, 0.717) is 0 Å². The van der Waals surface area contributed by atoms with Crippen LogP contribution in [0, 0.1) is 6.92 Å². The predicted molar refractivity (Wildman–Crippen MR) is 80.8 cm³/mol. The van der Waals surface area contributed by atoms with Gasteiger partial charge in [-0.05, 0) is 17.7 Å². The molecule has 0 bridgehead atoms. The summed E-state index contributed by atoms with van der Waals surface area (Å²) in [4.78, 5) is 4.83. The Balaban J connectivity index is 2.25. The molecule has 2 heteroatoms. The maximum Gasteiger partial charge on any atom is 0.240 e. The number of rotatable bonds is 0. The third-order valence-electron chi connectivity index (χ3n) is 4.34. The lowest BCUT2D eigenvalue weighted by Crippen LogP contribution is -2.32. The van der Waals surface area contributed by atoms with Crippen LogP contribution in [-0.2, 0) is 6.54 Å². The lowest BCUT2D eigenvalue weighted by atomic mass is 9.98. The SMILES string of the molecule is Cc1c[n+]2c3c(n1)c1ccccc1c1cccc(c13)C2. The number of nitrogens with zero attached hydrogens (tertiary/aromatic N) is 2. The Labute approximate surface area is 116 Å². The molecule has 20 heavy (non-hydrogen) atoms. The standard InChI is InChI=1S/C18H13N2/c1-11-9-20-10-12-5-4-8-14-13-6-2-3-7-15(13)17(19-11)18(20)16(12)14/h2-9H,10H2,1H3/q+1. The van der Waals surface area contributed by atoms with Gasteiger partial charge in [0.15, 0.2) is 12.7 Å². The van der Waals surface area contributed by atoms with Crippen LogP contribution in [0.1, 0.15) is 11.3 Å². The minimum absolute atomic E-state index is 0.961. The van der Waals surface area contributed by atoms with Gasteiger partial charge in [0.1, 0.15) is 11.2 Å². The molecule has 2 nitrogen and oxygen atoms in total. The largest absolute Gasteiger partial charge is 0.240 e. The topological polar surface area (TPSA) is 16.8 Å². The molecule has 0 saturated carbocycles. The Morgan fingerprint density at radius 3 is 2.65 bits per heavy atom. The monoisotopic (exact) mass is 257 g/mol. The molecular formula is C18H13N2+. The van der Waals surface area contributed by atoms with E-state index in [0.717, 1.165) is 17.8 Å². The van der Waals surface area contributed by atoms with Crippen molar-refractivity contribution in [2.75, 3.05) is 0 Å². The lowest BCUT2D eigenvalue weighted by molar-refractivity contribution is -0.658. The number of aromatic nitrogens is 2. The maximum atomic E-state index is 4.83. The van der Waals surface area contributed by atoms with Crippen molar-refractivity contribution in [2.45, 2.75) is 13.5 Å². The van der Waals surface area contributed by atoms with Gasteiger partial charge in [-0.1, -0.05) is 42.5 Å². The van der Waals surface area contributed by atoms with Crippen LogP contribution in [-0.4, -0.2) is 4.98 Å². The summed E-state index contributed by atoms with van der Waals surface area (Å²) in [6.45, 7) is 3.04. The number of benzene rings is 3. The van der Waals surface area contributed by atoms with E-state index in [4.69, 9.17) is 4.98 Å². The molecule has 1 aliphatic heterocycles. The highest BCUT2D eigenvalue weighted by Crippen LogP contribution is 2.36. The molecule has 0 unspecified atom stereocenters. The van der Waals surface area contributed by atoms with Crippen molar-refractivity contribution in [1.29, 1.82) is 0 Å². The highest BCUT2D eigenvalue weighted by molar-refractivity contribution is 6.23. The summed E-state index contributed by atoms with van der Waals surface area (Å²) < 4.78 is 2.35. The zero-order valence-electron chi connectivity index (χ0n) is 11.2. The van der Waals surface area contributed by atoms with Gasteiger partial charge < -0.3 is 0 Å². The van der Waals surface area contributed by atoms with Crippen molar-refractivity contribution in [3.05, 3.63) is 59.9 Å². The normalized spacial score (nSPS) is 13.1. The van der Waals surface area contributed by atoms with E-state index >= 15 is 0 Å². The molecule has 0 atom stereocenters. The highest BCUT2D eigenvalue weighted by Gasteiger charge is 2.27. The van der Waals surface area contributed by atoms with Crippen LogP contribution in [0.15, 0.2) is 48.7 Å². The Morgan fingerprint density at radius 2 is 1.75 bits per heavy atom. The second-order valence-electron chi connectivity index (χ2n) is 5.59. The molecule has 94 valence electrons. The van der Waals surface area contributed by atoms with Gasteiger partial charge in [0.25, 0.3) is 0 Å². The summed E-state index contributed by atoms with van der Waals surface area (Å²) in [6.07, 6.45) is 2.16. The van der Waals surface area contributed by atoms with Gasteiger partial charge in [-0.3, -0.25) is 0 Å². The summed E-state index contributed by atoms with van der Waals surface area (Å²) in [5, 5.41) is 5.30. The first-order chi connectivity index (χ1) is 9.83. The molecule has 0 radical (unpaired) electrons. The van der Waals surface area contributed by atoms with Crippen LogP contribution in [0.2, 0.25) is 0 Å². The molecule has 0 amide bonds. The van der Waals surface area contributed by atoms with Crippen LogP contribution in [0.4, 0.5) is 0 Å². The Hall–Kier alpha value is -2.48. The molecule has 0 saturated heterocycles. The minimum atomic E-state index is 0.961. The van der Waals surface area contributed by atoms with Crippen molar-refractivity contribution in [3.8, 4) is 0 Å². The second kappa shape index (κ2) is 3.34. The third kappa shape index (κ3) is 1.10. The minimum Gasteiger partial charge on any atom is -0.240 e. The number of hydrogen-bond donors (Lipinski definition) is 0. The van der Waals surface area contributed by atoms with Crippen LogP contribution in [0.25, 0.3) is 32.6 Å². The molecule has 0 fully saturated rings. The number of aryl methyl sites for hydroxylation is 1. The van der Waals surface area contributed by atoms with Gasteiger partial charge in [0.05, 0.1) is 5.39 Å². The molecule has 4 aromatic rings. The van der Waals surface area contributed by atoms with Crippen molar-refractivity contribution >= 4 is 32.6 Å². The molecule has 1 aromatic heterocycles. The fourth-order valence-corrected chi connectivity index (χ4v) is 3.60. The Kier molecular flexibility index (Phi) is 1.72. The van der Waals surface area contributed by atoms with E-state index in [1.54, 1.807) is 0 Å². The quantitative estimate of drug-likeness (QED) is 0.306. The van der Waals surface area contributed by atoms with Crippen LogP contribution < -0.4 is 4.57 Å². The van der Waals surface area contributed by atoms with Crippen molar-refractivity contribution in [3.63, 3.8) is 0 Å². The molecule has 3 aromatic carbocycles. The first-order valence-corrected chi connectivity index (χ1v) is 6.96. The van der Waals surface area contributed by atoms with E-state index < -0.39 is 0 Å². The van der Waals surface area contributed by atoms with Gasteiger partial charge in [-0.25, -0.2) is 4.98 Å². The molecule has 0 aliphatic carbocycles. The summed E-state index contributed by atoms with van der Waals surface area (Å²) in [5.41, 5.74) is 4.92. The molecule has 0 N–H and O–H groups in total. The van der Waals surface area contributed by atoms with Gasteiger partial charge in [0, 0.05) is 10.9 Å². The van der Waals surface area contributed by atoms with Crippen molar-refractivity contribution in [2.24, 2.45) is 0 Å². The average Bonchev–Trinajstić information content (AvgIpc) is 2.84. The molecule has 2 heterocycles. The zero-order chi connectivity index (χ0) is 13.3. The Morgan fingerprint density at radius 1 is 0.950 bits per heavy atom. The third-order valence-corrected chi connectivity index (χ3v) is 4.34. The highest BCUT2D eigenvalue weighted by atomic mass is 15.0. The molecule has 5 rings (SSSR count). The van der Waals surface area contributed by atoms with Gasteiger partial charge in [-0.15, -0.1) is 0 Å². The zero-order valence-corrected chi connectivity index (χ0v) is 11.2. The second-order valence-corrected chi connectivity index (χ2v) is 5.59. The van der Waals surface area contributed by atoms with Gasteiger partial charge >= 0.3 is 0 Å². The van der Waals surface area contributed by atoms with Crippen LogP contribution in [0.5, 0.6) is 0 Å².